The lowest BCUT2D eigenvalue weighted by molar-refractivity contribution is 0.253. The number of hydrogen-bond donors (Lipinski definition) is 1. The number of anilines is 2. The Morgan fingerprint density at radius 2 is 1.81 bits per heavy atom. The van der Waals surface area contributed by atoms with Crippen LogP contribution >= 0.6 is 11.6 Å². The predicted molar refractivity (Wildman–Crippen MR) is 106 cm³/mol. The molecule has 1 aromatic heterocycles. The van der Waals surface area contributed by atoms with Crippen molar-refractivity contribution in [3.63, 3.8) is 0 Å². The van der Waals surface area contributed by atoms with Gasteiger partial charge in [-0.25, -0.2) is 4.39 Å². The number of benzene rings is 2. The second-order valence-corrected chi connectivity index (χ2v) is 7.37. The van der Waals surface area contributed by atoms with Crippen LogP contribution in [0.25, 0.3) is 10.9 Å². The van der Waals surface area contributed by atoms with Crippen molar-refractivity contribution >= 4 is 33.9 Å². The van der Waals surface area contributed by atoms with Gasteiger partial charge in [-0.2, -0.15) is 0 Å². The molecule has 3 nitrogen and oxygen atoms in total. The van der Waals surface area contributed by atoms with Gasteiger partial charge in [0.25, 0.3) is 0 Å². The molecule has 0 bridgehead atoms. The molecule has 2 heterocycles. The van der Waals surface area contributed by atoms with Gasteiger partial charge in [0.05, 0.1) is 10.5 Å². The van der Waals surface area contributed by atoms with Gasteiger partial charge < -0.3 is 10.2 Å². The summed E-state index contributed by atoms with van der Waals surface area (Å²) in [7, 11) is 2.12. The Hall–Kier alpha value is -2.17. The van der Waals surface area contributed by atoms with Crippen molar-refractivity contribution in [3.05, 3.63) is 65.1 Å². The molecule has 0 saturated carbocycles. The molecule has 1 aliphatic rings. The average molecular weight is 370 g/mol. The first-order valence-electron chi connectivity index (χ1n) is 8.89. The molecule has 4 rings (SSSR count). The fraction of sp³-hybridized carbons (Fsp3) is 0.286. The molecule has 0 atom stereocenters. The summed E-state index contributed by atoms with van der Waals surface area (Å²) < 4.78 is 14.7. The Balaban J connectivity index is 1.55. The average Bonchev–Trinajstić information content (AvgIpc) is 2.64. The van der Waals surface area contributed by atoms with Crippen molar-refractivity contribution in [2.45, 2.75) is 18.8 Å². The van der Waals surface area contributed by atoms with E-state index in [2.05, 4.69) is 22.2 Å². The Morgan fingerprint density at radius 3 is 2.58 bits per heavy atom. The van der Waals surface area contributed by atoms with Crippen LogP contribution in [0.3, 0.4) is 0 Å². The number of nitrogens with zero attached hydrogens (tertiary/aromatic N) is 2. The van der Waals surface area contributed by atoms with E-state index in [1.54, 1.807) is 18.3 Å². The maximum absolute atomic E-state index is 14.7. The quantitative estimate of drug-likeness (QED) is 0.653. The van der Waals surface area contributed by atoms with Crippen molar-refractivity contribution < 1.29 is 4.39 Å². The zero-order valence-electron chi connectivity index (χ0n) is 14.7. The molecule has 1 saturated heterocycles. The van der Waals surface area contributed by atoms with Crippen LogP contribution in [0.4, 0.5) is 15.8 Å². The van der Waals surface area contributed by atoms with Crippen LogP contribution in [0, 0.1) is 5.82 Å². The maximum Gasteiger partial charge on any atom is 0.128 e. The molecule has 3 aromatic rings. The number of nitrogens with one attached hydrogen (secondary N) is 1. The molecule has 0 unspecified atom stereocenters. The largest absolute Gasteiger partial charge is 0.355 e. The van der Waals surface area contributed by atoms with Gasteiger partial charge in [0, 0.05) is 23.0 Å². The summed E-state index contributed by atoms with van der Waals surface area (Å²) in [5.41, 5.74) is 3.26. The summed E-state index contributed by atoms with van der Waals surface area (Å²) in [6, 6.07) is 13.0. The van der Waals surface area contributed by atoms with E-state index in [9.17, 15) is 4.39 Å². The summed E-state index contributed by atoms with van der Waals surface area (Å²) in [6.45, 7) is 2.05. The summed E-state index contributed by atoms with van der Waals surface area (Å²) in [5.74, 6) is 0.177. The first kappa shape index (κ1) is 17.3. The summed E-state index contributed by atoms with van der Waals surface area (Å²) >= 11 is 6.24. The van der Waals surface area contributed by atoms with Gasteiger partial charge in [-0.15, -0.1) is 0 Å². The minimum Gasteiger partial charge on any atom is -0.355 e. The number of hydrogen-bond acceptors (Lipinski definition) is 3. The van der Waals surface area contributed by atoms with E-state index in [1.165, 1.54) is 0 Å². The number of likely N-dealkylation sites (tertiary alicyclic amines) is 1. The van der Waals surface area contributed by atoms with Crippen LogP contribution in [0.15, 0.2) is 48.7 Å². The number of rotatable bonds is 3. The van der Waals surface area contributed by atoms with Gasteiger partial charge >= 0.3 is 0 Å². The number of aromatic nitrogens is 1. The third-order valence-electron chi connectivity index (χ3n) is 5.14. The van der Waals surface area contributed by atoms with E-state index in [4.69, 9.17) is 11.6 Å². The molecule has 0 amide bonds. The van der Waals surface area contributed by atoms with Crippen molar-refractivity contribution in [3.8, 4) is 0 Å². The smallest absolute Gasteiger partial charge is 0.128 e. The molecule has 0 spiro atoms. The number of piperidine rings is 1. The maximum atomic E-state index is 14.7. The molecule has 1 fully saturated rings. The highest BCUT2D eigenvalue weighted by Gasteiger charge is 2.21. The summed E-state index contributed by atoms with van der Waals surface area (Å²) in [6.07, 6.45) is 3.71. The van der Waals surface area contributed by atoms with Crippen LogP contribution < -0.4 is 5.32 Å². The second kappa shape index (κ2) is 7.22. The first-order chi connectivity index (χ1) is 12.6. The van der Waals surface area contributed by atoms with E-state index in [0.717, 1.165) is 53.8 Å². The molecule has 1 N–H and O–H groups in total. The van der Waals surface area contributed by atoms with Crippen LogP contribution in [0.1, 0.15) is 24.3 Å². The number of fused-ring (bicyclic) bond motifs is 1. The van der Waals surface area contributed by atoms with E-state index in [-0.39, 0.29) is 5.82 Å². The molecule has 2 aromatic carbocycles. The van der Waals surface area contributed by atoms with Gasteiger partial charge in [0.2, 0.25) is 0 Å². The lowest BCUT2D eigenvalue weighted by Crippen LogP contribution is -2.29. The topological polar surface area (TPSA) is 28.2 Å². The standard InChI is InChI=1S/C21H21ClFN3/c1-26-10-7-14(8-11-26)17-4-2-16(13-20(17)23)25-15-3-5-21-18(12-15)19(22)6-9-24-21/h2-6,9,12-14,25H,7-8,10-11H2,1H3. The molecule has 134 valence electrons. The fourth-order valence-electron chi connectivity index (χ4n) is 3.61. The van der Waals surface area contributed by atoms with E-state index in [1.807, 2.05) is 30.3 Å². The van der Waals surface area contributed by atoms with E-state index < -0.39 is 0 Å². The monoisotopic (exact) mass is 369 g/mol. The predicted octanol–water partition coefficient (Wildman–Crippen LogP) is 5.58. The molecule has 1 aliphatic heterocycles. The highest BCUT2D eigenvalue weighted by Crippen LogP contribution is 2.32. The van der Waals surface area contributed by atoms with Crippen LogP contribution in [-0.2, 0) is 0 Å². The first-order valence-corrected chi connectivity index (χ1v) is 9.27. The molecular formula is C21H21ClFN3. The van der Waals surface area contributed by atoms with Gasteiger partial charge in [0.1, 0.15) is 5.82 Å². The van der Waals surface area contributed by atoms with E-state index >= 15 is 0 Å². The van der Waals surface area contributed by atoms with Crippen molar-refractivity contribution in [1.29, 1.82) is 0 Å². The summed E-state index contributed by atoms with van der Waals surface area (Å²) in [4.78, 5) is 6.59. The van der Waals surface area contributed by atoms with Crippen LogP contribution in [0.2, 0.25) is 5.02 Å². The number of halogens is 2. The zero-order valence-corrected chi connectivity index (χ0v) is 15.4. The van der Waals surface area contributed by atoms with Gasteiger partial charge in [0.15, 0.2) is 0 Å². The van der Waals surface area contributed by atoms with Crippen molar-refractivity contribution in [2.24, 2.45) is 0 Å². The van der Waals surface area contributed by atoms with Crippen LogP contribution in [0.5, 0.6) is 0 Å². The normalized spacial score (nSPS) is 16.1. The summed E-state index contributed by atoms with van der Waals surface area (Å²) in [5, 5.41) is 4.80. The minimum atomic E-state index is -0.134. The highest BCUT2D eigenvalue weighted by molar-refractivity contribution is 6.35. The highest BCUT2D eigenvalue weighted by atomic mass is 35.5. The lowest BCUT2D eigenvalue weighted by atomic mass is 9.89. The van der Waals surface area contributed by atoms with Gasteiger partial charge in [-0.3, -0.25) is 4.98 Å². The third-order valence-corrected chi connectivity index (χ3v) is 5.47. The SMILES string of the molecule is CN1CCC(c2ccc(Nc3ccc4nccc(Cl)c4c3)cc2F)CC1. The Bertz CT molecular complexity index is 936. The molecule has 0 aliphatic carbocycles. The van der Waals surface area contributed by atoms with Gasteiger partial charge in [-0.1, -0.05) is 17.7 Å². The minimum absolute atomic E-state index is 0.134. The Kier molecular flexibility index (Phi) is 4.79. The van der Waals surface area contributed by atoms with Crippen LogP contribution in [-0.4, -0.2) is 30.0 Å². The zero-order chi connectivity index (χ0) is 18.1. The van der Waals surface area contributed by atoms with Crippen molar-refractivity contribution in [2.75, 3.05) is 25.5 Å². The van der Waals surface area contributed by atoms with Crippen molar-refractivity contribution in [1.82, 2.24) is 9.88 Å². The second-order valence-electron chi connectivity index (χ2n) is 6.96. The Labute approximate surface area is 157 Å². The fourth-order valence-corrected chi connectivity index (χ4v) is 3.82. The molecular weight excluding hydrogens is 349 g/mol. The molecule has 5 heteroatoms. The number of pyridine rings is 1. The third kappa shape index (κ3) is 3.53. The van der Waals surface area contributed by atoms with E-state index in [0.29, 0.717) is 10.9 Å². The lowest BCUT2D eigenvalue weighted by Gasteiger charge is -2.29. The molecule has 26 heavy (non-hydrogen) atoms. The molecule has 0 radical (unpaired) electrons. The Morgan fingerprint density at radius 1 is 1.08 bits per heavy atom. The van der Waals surface area contributed by atoms with Gasteiger partial charge in [-0.05, 0) is 80.9 Å².